The molecule has 22 heavy (non-hydrogen) atoms. The Balaban J connectivity index is 1.86. The molecule has 4 nitrogen and oxygen atoms in total. The van der Waals surface area contributed by atoms with Gasteiger partial charge in [-0.25, -0.2) is 4.98 Å². The first-order chi connectivity index (χ1) is 10.7. The van der Waals surface area contributed by atoms with Crippen molar-refractivity contribution in [2.75, 3.05) is 6.54 Å². The second-order valence-corrected chi connectivity index (χ2v) is 6.15. The Morgan fingerprint density at radius 3 is 2.95 bits per heavy atom. The summed E-state index contributed by atoms with van der Waals surface area (Å²) in [5.74, 6) is -0.0882. The maximum atomic E-state index is 12.0. The van der Waals surface area contributed by atoms with Crippen LogP contribution in [-0.4, -0.2) is 22.0 Å². The maximum Gasteiger partial charge on any atom is 0.270 e. The lowest BCUT2D eigenvalue weighted by molar-refractivity contribution is 0.0949. The number of amides is 1. The first-order valence-electron chi connectivity index (χ1n) is 7.49. The Morgan fingerprint density at radius 2 is 2.18 bits per heavy atom. The van der Waals surface area contributed by atoms with Crippen molar-refractivity contribution in [3.8, 4) is 10.7 Å². The first kappa shape index (κ1) is 14.8. The van der Waals surface area contributed by atoms with E-state index in [1.807, 2.05) is 24.6 Å². The van der Waals surface area contributed by atoms with Crippen molar-refractivity contribution in [3.63, 3.8) is 0 Å². The van der Waals surface area contributed by atoms with Gasteiger partial charge in [0.25, 0.3) is 5.91 Å². The smallest absolute Gasteiger partial charge is 0.270 e. The lowest BCUT2D eigenvalue weighted by Gasteiger charge is -2.01. The molecule has 1 aromatic carbocycles. The van der Waals surface area contributed by atoms with Gasteiger partial charge in [0.2, 0.25) is 0 Å². The zero-order valence-electron chi connectivity index (χ0n) is 12.8. The summed E-state index contributed by atoms with van der Waals surface area (Å²) in [5, 5.41) is 6.79. The molecule has 0 spiro atoms. The third-order valence-electron chi connectivity index (χ3n) is 3.72. The van der Waals surface area contributed by atoms with E-state index in [0.717, 1.165) is 23.5 Å². The van der Waals surface area contributed by atoms with Gasteiger partial charge in [-0.3, -0.25) is 4.79 Å². The number of carbonyl (C=O) groups excluding carboxylic acids is 1. The molecule has 0 aliphatic carbocycles. The Morgan fingerprint density at radius 1 is 1.36 bits per heavy atom. The Labute approximate surface area is 133 Å². The number of benzene rings is 1. The largest absolute Gasteiger partial charge is 0.351 e. The predicted molar refractivity (Wildman–Crippen MR) is 91.3 cm³/mol. The number of aromatic nitrogens is 2. The summed E-state index contributed by atoms with van der Waals surface area (Å²) in [6, 6.07) is 10.4. The molecule has 114 valence electrons. The molecule has 0 aliphatic rings. The molecule has 1 N–H and O–H groups in total. The summed E-state index contributed by atoms with van der Waals surface area (Å²) in [4.78, 5) is 16.5. The Kier molecular flexibility index (Phi) is 4.24. The molecule has 0 unspecified atom stereocenters. The van der Waals surface area contributed by atoms with Crippen molar-refractivity contribution in [2.45, 2.75) is 19.8 Å². The summed E-state index contributed by atoms with van der Waals surface area (Å²) >= 11 is 1.51. The fourth-order valence-electron chi connectivity index (χ4n) is 2.46. The van der Waals surface area contributed by atoms with Crippen LogP contribution in [0.1, 0.15) is 30.3 Å². The number of rotatable bonds is 5. The summed E-state index contributed by atoms with van der Waals surface area (Å²) in [6.07, 6.45) is 2.06. The predicted octanol–water partition coefficient (Wildman–Crippen LogP) is 3.83. The van der Waals surface area contributed by atoms with Crippen molar-refractivity contribution in [3.05, 3.63) is 41.4 Å². The van der Waals surface area contributed by atoms with Gasteiger partial charge in [0, 0.05) is 29.9 Å². The van der Waals surface area contributed by atoms with Crippen molar-refractivity contribution < 1.29 is 4.79 Å². The van der Waals surface area contributed by atoms with Gasteiger partial charge < -0.3 is 9.88 Å². The number of unbranched alkanes of at least 4 members (excludes halogenated alkanes) is 1. The maximum absolute atomic E-state index is 12.0. The van der Waals surface area contributed by atoms with Gasteiger partial charge >= 0.3 is 0 Å². The van der Waals surface area contributed by atoms with Crippen LogP contribution in [0.4, 0.5) is 0 Å². The van der Waals surface area contributed by atoms with Crippen molar-refractivity contribution in [2.24, 2.45) is 7.05 Å². The minimum absolute atomic E-state index is 0.0882. The molecule has 0 bridgehead atoms. The average Bonchev–Trinajstić information content (AvgIpc) is 3.13. The fraction of sp³-hybridized carbons (Fsp3) is 0.294. The number of aryl methyl sites for hydroxylation is 1. The highest BCUT2D eigenvalue weighted by molar-refractivity contribution is 7.13. The number of nitrogens with one attached hydrogen (secondary N) is 1. The van der Waals surface area contributed by atoms with Crippen LogP contribution in [0.5, 0.6) is 0 Å². The normalized spacial score (nSPS) is 11.0. The van der Waals surface area contributed by atoms with E-state index >= 15 is 0 Å². The lowest BCUT2D eigenvalue weighted by atomic mass is 10.2. The van der Waals surface area contributed by atoms with E-state index in [0.29, 0.717) is 12.2 Å². The quantitative estimate of drug-likeness (QED) is 0.728. The van der Waals surface area contributed by atoms with Gasteiger partial charge in [0.05, 0.1) is 5.69 Å². The van der Waals surface area contributed by atoms with Gasteiger partial charge in [0.1, 0.15) is 10.7 Å². The van der Waals surface area contributed by atoms with Gasteiger partial charge in [-0.1, -0.05) is 31.5 Å². The van der Waals surface area contributed by atoms with Crippen LogP contribution in [-0.2, 0) is 7.05 Å². The highest BCUT2D eigenvalue weighted by Crippen LogP contribution is 2.29. The van der Waals surface area contributed by atoms with Gasteiger partial charge in [-0.05, 0) is 18.6 Å². The molecule has 2 heterocycles. The van der Waals surface area contributed by atoms with E-state index in [2.05, 4.69) is 40.0 Å². The Hall–Kier alpha value is -2.14. The molecule has 0 radical (unpaired) electrons. The van der Waals surface area contributed by atoms with Gasteiger partial charge in [-0.2, -0.15) is 0 Å². The molecular weight excluding hydrogens is 294 g/mol. The van der Waals surface area contributed by atoms with Crippen molar-refractivity contribution >= 4 is 28.1 Å². The van der Waals surface area contributed by atoms with E-state index in [1.54, 1.807) is 0 Å². The number of nitrogens with zero attached hydrogens (tertiary/aromatic N) is 2. The molecule has 2 aromatic heterocycles. The fourth-order valence-corrected chi connectivity index (χ4v) is 3.31. The van der Waals surface area contributed by atoms with Crippen LogP contribution in [0.3, 0.4) is 0 Å². The number of carbonyl (C=O) groups is 1. The zero-order valence-corrected chi connectivity index (χ0v) is 13.6. The number of thiazole rings is 1. The standard InChI is InChI=1S/C17H19N3OS/c1-3-4-9-18-16(21)13-11-22-17(19-13)15-10-12-7-5-6-8-14(12)20(15)2/h5-8,10-11H,3-4,9H2,1-2H3,(H,18,21). The molecule has 5 heteroatoms. The summed E-state index contributed by atoms with van der Waals surface area (Å²) in [6.45, 7) is 2.81. The van der Waals surface area contributed by atoms with Gasteiger partial charge in [-0.15, -0.1) is 11.3 Å². The van der Waals surface area contributed by atoms with E-state index in [1.165, 1.54) is 22.2 Å². The zero-order chi connectivity index (χ0) is 15.5. The molecule has 0 fully saturated rings. The van der Waals surface area contributed by atoms with E-state index in [9.17, 15) is 4.79 Å². The van der Waals surface area contributed by atoms with Crippen LogP contribution >= 0.6 is 11.3 Å². The van der Waals surface area contributed by atoms with Gasteiger partial charge in [0.15, 0.2) is 0 Å². The molecule has 0 saturated carbocycles. The SMILES string of the molecule is CCCCNC(=O)c1csc(-c2cc3ccccc3n2C)n1. The second-order valence-electron chi connectivity index (χ2n) is 5.29. The number of para-hydroxylation sites is 1. The molecular formula is C17H19N3OS. The van der Waals surface area contributed by atoms with Crippen LogP contribution in [0.25, 0.3) is 21.6 Å². The van der Waals surface area contributed by atoms with Crippen LogP contribution < -0.4 is 5.32 Å². The molecule has 1 amide bonds. The number of hydrogen-bond donors (Lipinski definition) is 1. The third-order valence-corrected chi connectivity index (χ3v) is 4.59. The molecule has 0 atom stereocenters. The summed E-state index contributed by atoms with van der Waals surface area (Å²) in [7, 11) is 2.03. The van der Waals surface area contributed by atoms with E-state index in [4.69, 9.17) is 0 Å². The van der Waals surface area contributed by atoms with Crippen LogP contribution in [0.2, 0.25) is 0 Å². The molecule has 3 rings (SSSR count). The molecule has 0 saturated heterocycles. The van der Waals surface area contributed by atoms with Crippen LogP contribution in [0, 0.1) is 0 Å². The third kappa shape index (κ3) is 2.76. The highest BCUT2D eigenvalue weighted by Gasteiger charge is 2.14. The van der Waals surface area contributed by atoms with E-state index < -0.39 is 0 Å². The number of hydrogen-bond acceptors (Lipinski definition) is 3. The van der Waals surface area contributed by atoms with E-state index in [-0.39, 0.29) is 5.91 Å². The summed E-state index contributed by atoms with van der Waals surface area (Å²) in [5.41, 5.74) is 2.71. The highest BCUT2D eigenvalue weighted by atomic mass is 32.1. The molecule has 0 aliphatic heterocycles. The van der Waals surface area contributed by atoms with Crippen LogP contribution in [0.15, 0.2) is 35.7 Å². The first-order valence-corrected chi connectivity index (χ1v) is 8.37. The average molecular weight is 313 g/mol. The monoisotopic (exact) mass is 313 g/mol. The summed E-state index contributed by atoms with van der Waals surface area (Å²) < 4.78 is 2.12. The minimum Gasteiger partial charge on any atom is -0.351 e. The molecule has 3 aromatic rings. The minimum atomic E-state index is -0.0882. The number of fused-ring (bicyclic) bond motifs is 1. The van der Waals surface area contributed by atoms with Crippen molar-refractivity contribution in [1.29, 1.82) is 0 Å². The second kappa shape index (κ2) is 6.32. The Bertz CT molecular complexity index is 803. The topological polar surface area (TPSA) is 46.9 Å². The van der Waals surface area contributed by atoms with Crippen molar-refractivity contribution in [1.82, 2.24) is 14.9 Å². The lowest BCUT2D eigenvalue weighted by Crippen LogP contribution is -2.24.